The molecule has 0 radical (unpaired) electrons. The Kier molecular flexibility index (Phi) is 7.56. The van der Waals surface area contributed by atoms with Gasteiger partial charge in [-0.05, 0) is 81.5 Å². The zero-order chi connectivity index (χ0) is 25.8. The summed E-state index contributed by atoms with van der Waals surface area (Å²) in [6, 6.07) is 21.0. The largest absolute Gasteiger partial charge is 0.339 e. The molecule has 1 aliphatic rings. The number of piperidine rings is 1. The van der Waals surface area contributed by atoms with Gasteiger partial charge < -0.3 is 4.90 Å². The van der Waals surface area contributed by atoms with E-state index in [4.69, 9.17) is 0 Å². The molecule has 0 saturated carbocycles. The summed E-state index contributed by atoms with van der Waals surface area (Å²) in [5.74, 6) is 0.600. The van der Waals surface area contributed by atoms with E-state index in [2.05, 4.69) is 63.3 Å². The van der Waals surface area contributed by atoms with Gasteiger partial charge in [-0.3, -0.25) is 14.7 Å². The number of fused-ring (bicyclic) bond motifs is 1. The lowest BCUT2D eigenvalue weighted by Gasteiger charge is -2.40. The molecule has 6 nitrogen and oxygen atoms in total. The number of carbonyl (C=O) groups is 1. The molecule has 1 amide bonds. The van der Waals surface area contributed by atoms with Crippen molar-refractivity contribution in [1.29, 1.82) is 0 Å². The number of carbonyl (C=O) groups excluding carboxylic acids is 1. The Labute approximate surface area is 219 Å². The van der Waals surface area contributed by atoms with Crippen molar-refractivity contribution in [3.05, 3.63) is 101 Å². The van der Waals surface area contributed by atoms with Gasteiger partial charge in [0.2, 0.25) is 0 Å². The SMILES string of the molecule is Cc1nc2ccc(C(=O)N3CCC(C(Cc4ccccc4)N(C)Cc4cccnc4)CC3)cc2nc1C. The molecule has 190 valence electrons. The molecule has 4 aromatic rings. The first-order valence-electron chi connectivity index (χ1n) is 13.2. The normalized spacial score (nSPS) is 15.3. The van der Waals surface area contributed by atoms with Gasteiger partial charge in [0.25, 0.3) is 5.91 Å². The summed E-state index contributed by atoms with van der Waals surface area (Å²) in [5, 5.41) is 0. The van der Waals surface area contributed by atoms with Gasteiger partial charge in [-0.2, -0.15) is 0 Å². The molecule has 0 bridgehead atoms. The summed E-state index contributed by atoms with van der Waals surface area (Å²) in [6.07, 6.45) is 6.76. The average molecular weight is 494 g/mol. The maximum atomic E-state index is 13.4. The van der Waals surface area contributed by atoms with E-state index in [1.165, 1.54) is 11.1 Å². The highest BCUT2D eigenvalue weighted by Crippen LogP contribution is 2.28. The Hall–Kier alpha value is -3.64. The second-order valence-electron chi connectivity index (χ2n) is 10.3. The van der Waals surface area contributed by atoms with Crippen molar-refractivity contribution in [2.24, 2.45) is 5.92 Å². The molecule has 3 heterocycles. The predicted octanol–water partition coefficient (Wildman–Crippen LogP) is 5.24. The molecule has 2 aromatic heterocycles. The summed E-state index contributed by atoms with van der Waals surface area (Å²) >= 11 is 0. The Bertz CT molecular complexity index is 1350. The molecule has 0 aliphatic carbocycles. The van der Waals surface area contributed by atoms with E-state index in [0.717, 1.165) is 61.3 Å². The van der Waals surface area contributed by atoms with E-state index in [1.807, 2.05) is 55.4 Å². The molecule has 6 heteroatoms. The highest BCUT2D eigenvalue weighted by molar-refractivity contribution is 5.97. The van der Waals surface area contributed by atoms with Crippen molar-refractivity contribution < 1.29 is 4.79 Å². The number of likely N-dealkylation sites (N-methyl/N-ethyl adjacent to an activating group) is 1. The lowest BCUT2D eigenvalue weighted by Crippen LogP contribution is -2.46. The highest BCUT2D eigenvalue weighted by Gasteiger charge is 2.31. The van der Waals surface area contributed by atoms with Crippen LogP contribution in [0.2, 0.25) is 0 Å². The number of amides is 1. The fraction of sp³-hybridized carbons (Fsp3) is 0.355. The number of rotatable bonds is 7. The first kappa shape index (κ1) is 25.0. The monoisotopic (exact) mass is 493 g/mol. The first-order valence-corrected chi connectivity index (χ1v) is 13.2. The van der Waals surface area contributed by atoms with Gasteiger partial charge in [0.05, 0.1) is 22.4 Å². The number of benzene rings is 2. The third-order valence-corrected chi connectivity index (χ3v) is 7.70. The molecule has 5 rings (SSSR count). The zero-order valence-corrected chi connectivity index (χ0v) is 22.0. The van der Waals surface area contributed by atoms with E-state index in [0.29, 0.717) is 17.5 Å². The molecule has 1 saturated heterocycles. The lowest BCUT2D eigenvalue weighted by molar-refractivity contribution is 0.0603. The van der Waals surface area contributed by atoms with Gasteiger partial charge >= 0.3 is 0 Å². The van der Waals surface area contributed by atoms with Gasteiger partial charge in [-0.25, -0.2) is 9.97 Å². The van der Waals surface area contributed by atoms with E-state index in [1.54, 1.807) is 0 Å². The number of aryl methyl sites for hydroxylation is 2. The Morgan fingerprint density at radius 2 is 1.65 bits per heavy atom. The summed E-state index contributed by atoms with van der Waals surface area (Å²) in [6.45, 7) is 6.32. The number of aromatic nitrogens is 3. The van der Waals surface area contributed by atoms with Crippen molar-refractivity contribution in [1.82, 2.24) is 24.8 Å². The maximum Gasteiger partial charge on any atom is 0.253 e. The fourth-order valence-corrected chi connectivity index (χ4v) is 5.47. The quantitative estimate of drug-likeness (QED) is 0.352. The average Bonchev–Trinajstić information content (AvgIpc) is 2.93. The van der Waals surface area contributed by atoms with E-state index in [9.17, 15) is 4.79 Å². The van der Waals surface area contributed by atoms with Crippen molar-refractivity contribution >= 4 is 16.9 Å². The molecule has 1 fully saturated rings. The minimum Gasteiger partial charge on any atom is -0.339 e. The molecular weight excluding hydrogens is 458 g/mol. The van der Waals surface area contributed by atoms with Crippen LogP contribution in [0.15, 0.2) is 73.1 Å². The van der Waals surface area contributed by atoms with Crippen LogP contribution in [-0.4, -0.2) is 56.8 Å². The molecule has 0 spiro atoms. The Morgan fingerprint density at radius 1 is 0.946 bits per heavy atom. The number of nitrogens with zero attached hydrogens (tertiary/aromatic N) is 5. The second kappa shape index (κ2) is 11.2. The van der Waals surface area contributed by atoms with Crippen molar-refractivity contribution in [3.63, 3.8) is 0 Å². The van der Waals surface area contributed by atoms with E-state index >= 15 is 0 Å². The van der Waals surface area contributed by atoms with Crippen LogP contribution in [-0.2, 0) is 13.0 Å². The van der Waals surface area contributed by atoms with Gasteiger partial charge in [-0.1, -0.05) is 36.4 Å². The van der Waals surface area contributed by atoms with Crippen LogP contribution in [0.5, 0.6) is 0 Å². The van der Waals surface area contributed by atoms with Crippen LogP contribution in [0.4, 0.5) is 0 Å². The minimum absolute atomic E-state index is 0.0868. The molecule has 2 aromatic carbocycles. The number of hydrogen-bond donors (Lipinski definition) is 0. The molecule has 0 N–H and O–H groups in total. The topological polar surface area (TPSA) is 62.2 Å². The van der Waals surface area contributed by atoms with Gasteiger partial charge in [-0.15, -0.1) is 0 Å². The molecule has 1 aliphatic heterocycles. The fourth-order valence-electron chi connectivity index (χ4n) is 5.47. The zero-order valence-electron chi connectivity index (χ0n) is 22.0. The number of hydrogen-bond acceptors (Lipinski definition) is 5. The summed E-state index contributed by atoms with van der Waals surface area (Å²) < 4.78 is 0. The molecule has 1 unspecified atom stereocenters. The third kappa shape index (κ3) is 5.86. The van der Waals surface area contributed by atoms with E-state index in [-0.39, 0.29) is 5.91 Å². The number of pyridine rings is 1. The summed E-state index contributed by atoms with van der Waals surface area (Å²) in [5.41, 5.74) is 6.71. The number of likely N-dealkylation sites (tertiary alicyclic amines) is 1. The third-order valence-electron chi connectivity index (χ3n) is 7.70. The summed E-state index contributed by atoms with van der Waals surface area (Å²) in [4.78, 5) is 31.4. The lowest BCUT2D eigenvalue weighted by atomic mass is 9.84. The Morgan fingerprint density at radius 3 is 2.35 bits per heavy atom. The first-order chi connectivity index (χ1) is 18.0. The van der Waals surface area contributed by atoms with Crippen LogP contribution in [0.25, 0.3) is 11.0 Å². The van der Waals surface area contributed by atoms with Gasteiger partial charge in [0, 0.05) is 43.6 Å². The van der Waals surface area contributed by atoms with Crippen LogP contribution < -0.4 is 0 Å². The van der Waals surface area contributed by atoms with Crippen LogP contribution >= 0.6 is 0 Å². The van der Waals surface area contributed by atoms with E-state index < -0.39 is 0 Å². The Balaban J connectivity index is 1.29. The minimum atomic E-state index is 0.0868. The van der Waals surface area contributed by atoms with Crippen molar-refractivity contribution in [2.45, 2.75) is 45.7 Å². The van der Waals surface area contributed by atoms with Crippen LogP contribution in [0.1, 0.15) is 45.7 Å². The van der Waals surface area contributed by atoms with Crippen LogP contribution in [0, 0.1) is 19.8 Å². The van der Waals surface area contributed by atoms with Gasteiger partial charge in [0.15, 0.2) is 0 Å². The summed E-state index contributed by atoms with van der Waals surface area (Å²) in [7, 11) is 2.22. The molecule has 1 atom stereocenters. The maximum absolute atomic E-state index is 13.4. The van der Waals surface area contributed by atoms with Crippen LogP contribution in [0.3, 0.4) is 0 Å². The highest BCUT2D eigenvalue weighted by atomic mass is 16.2. The van der Waals surface area contributed by atoms with Crippen molar-refractivity contribution in [2.75, 3.05) is 20.1 Å². The standard InChI is InChI=1S/C31H35N5O/c1-22-23(2)34-29-19-27(11-12-28(29)33-22)31(37)36-16-13-26(14-17-36)30(18-24-8-5-4-6-9-24)35(3)21-25-10-7-15-32-20-25/h4-12,15,19-20,26,30H,13-14,16-18,21H2,1-3H3. The molecular formula is C31H35N5O. The second-order valence-corrected chi connectivity index (χ2v) is 10.3. The van der Waals surface area contributed by atoms with Crippen molar-refractivity contribution in [3.8, 4) is 0 Å². The molecule has 37 heavy (non-hydrogen) atoms. The predicted molar refractivity (Wildman–Crippen MR) is 147 cm³/mol. The van der Waals surface area contributed by atoms with Gasteiger partial charge in [0.1, 0.15) is 0 Å². The smallest absolute Gasteiger partial charge is 0.253 e.